The molecule has 0 saturated heterocycles. The number of likely N-dealkylation sites (N-methyl/N-ethyl adjacent to an activating group) is 1. The SMILES string of the molecule is CCOCCN(CC)c1nc(C)c(CN)s1. The molecule has 0 bridgehead atoms. The second-order valence-corrected chi connectivity index (χ2v) is 4.55. The van der Waals surface area contributed by atoms with Crippen LogP contribution in [0.2, 0.25) is 0 Å². The summed E-state index contributed by atoms with van der Waals surface area (Å²) < 4.78 is 5.36. The molecule has 1 aromatic rings. The predicted octanol–water partition coefficient (Wildman–Crippen LogP) is 1.77. The first-order valence-electron chi connectivity index (χ1n) is 5.71. The van der Waals surface area contributed by atoms with Gasteiger partial charge in [-0.15, -0.1) is 11.3 Å². The monoisotopic (exact) mass is 243 g/mol. The van der Waals surface area contributed by atoms with Gasteiger partial charge < -0.3 is 15.4 Å². The molecule has 1 heterocycles. The Hall–Kier alpha value is -0.650. The molecular formula is C11H21N3OS. The molecule has 0 aliphatic rings. The molecule has 0 radical (unpaired) electrons. The number of hydrogen-bond acceptors (Lipinski definition) is 5. The van der Waals surface area contributed by atoms with E-state index < -0.39 is 0 Å². The summed E-state index contributed by atoms with van der Waals surface area (Å²) in [4.78, 5) is 7.94. The van der Waals surface area contributed by atoms with Crippen LogP contribution in [0.25, 0.3) is 0 Å². The van der Waals surface area contributed by atoms with Crippen LogP contribution in [0.4, 0.5) is 5.13 Å². The molecule has 0 aliphatic heterocycles. The number of ether oxygens (including phenoxy) is 1. The fourth-order valence-corrected chi connectivity index (χ4v) is 2.47. The van der Waals surface area contributed by atoms with Gasteiger partial charge in [-0.2, -0.15) is 0 Å². The summed E-state index contributed by atoms with van der Waals surface area (Å²) in [7, 11) is 0. The maximum absolute atomic E-state index is 5.65. The van der Waals surface area contributed by atoms with Gasteiger partial charge in [0.15, 0.2) is 5.13 Å². The standard InChI is InChI=1S/C11H21N3OS/c1-4-14(6-7-15-5-2)11-13-9(3)10(8-12)16-11/h4-8,12H2,1-3H3. The Labute approximate surface area is 101 Å². The second kappa shape index (κ2) is 6.83. The van der Waals surface area contributed by atoms with Crippen molar-refractivity contribution in [2.24, 2.45) is 5.73 Å². The molecule has 0 saturated carbocycles. The highest BCUT2D eigenvalue weighted by Gasteiger charge is 2.11. The van der Waals surface area contributed by atoms with Crippen molar-refractivity contribution in [2.45, 2.75) is 27.3 Å². The molecule has 0 aromatic carbocycles. The quantitative estimate of drug-likeness (QED) is 0.742. The van der Waals surface area contributed by atoms with Crippen LogP contribution in [0, 0.1) is 6.92 Å². The fourth-order valence-electron chi connectivity index (χ4n) is 1.45. The highest BCUT2D eigenvalue weighted by molar-refractivity contribution is 7.15. The zero-order valence-electron chi connectivity index (χ0n) is 10.3. The molecule has 0 atom stereocenters. The zero-order valence-corrected chi connectivity index (χ0v) is 11.1. The number of hydrogen-bond donors (Lipinski definition) is 1. The lowest BCUT2D eigenvalue weighted by Crippen LogP contribution is -2.27. The first-order chi connectivity index (χ1) is 7.72. The Morgan fingerprint density at radius 2 is 2.19 bits per heavy atom. The van der Waals surface area contributed by atoms with Gasteiger partial charge in [0.05, 0.1) is 12.3 Å². The summed E-state index contributed by atoms with van der Waals surface area (Å²) >= 11 is 1.68. The summed E-state index contributed by atoms with van der Waals surface area (Å²) in [6, 6.07) is 0. The van der Waals surface area contributed by atoms with Crippen LogP contribution in [0.3, 0.4) is 0 Å². The molecule has 0 aliphatic carbocycles. The lowest BCUT2D eigenvalue weighted by atomic mass is 10.4. The van der Waals surface area contributed by atoms with Crippen molar-refractivity contribution < 1.29 is 4.74 Å². The minimum atomic E-state index is 0.576. The average molecular weight is 243 g/mol. The highest BCUT2D eigenvalue weighted by Crippen LogP contribution is 2.25. The van der Waals surface area contributed by atoms with Crippen molar-refractivity contribution in [3.63, 3.8) is 0 Å². The van der Waals surface area contributed by atoms with Gasteiger partial charge in [-0.1, -0.05) is 0 Å². The van der Waals surface area contributed by atoms with Gasteiger partial charge in [-0.25, -0.2) is 4.98 Å². The van der Waals surface area contributed by atoms with Crippen LogP contribution in [-0.2, 0) is 11.3 Å². The van der Waals surface area contributed by atoms with Crippen molar-refractivity contribution in [1.82, 2.24) is 4.98 Å². The van der Waals surface area contributed by atoms with Crippen LogP contribution in [0.5, 0.6) is 0 Å². The Morgan fingerprint density at radius 1 is 1.44 bits per heavy atom. The van der Waals surface area contributed by atoms with Gasteiger partial charge in [-0.3, -0.25) is 0 Å². The third-order valence-corrected chi connectivity index (χ3v) is 3.67. The summed E-state index contributed by atoms with van der Waals surface area (Å²) in [5.74, 6) is 0. The molecule has 0 amide bonds. The first kappa shape index (κ1) is 13.4. The van der Waals surface area contributed by atoms with Gasteiger partial charge in [0.2, 0.25) is 0 Å². The van der Waals surface area contributed by atoms with E-state index in [1.165, 1.54) is 4.88 Å². The maximum atomic E-state index is 5.65. The topological polar surface area (TPSA) is 51.4 Å². The average Bonchev–Trinajstić information content (AvgIpc) is 2.66. The van der Waals surface area contributed by atoms with Gasteiger partial charge in [0, 0.05) is 31.1 Å². The van der Waals surface area contributed by atoms with E-state index in [9.17, 15) is 0 Å². The van der Waals surface area contributed by atoms with E-state index >= 15 is 0 Å². The second-order valence-electron chi connectivity index (χ2n) is 3.49. The molecule has 92 valence electrons. The smallest absolute Gasteiger partial charge is 0.185 e. The molecule has 0 unspecified atom stereocenters. The van der Waals surface area contributed by atoms with Gasteiger partial charge in [0.25, 0.3) is 0 Å². The summed E-state index contributed by atoms with van der Waals surface area (Å²) in [5, 5.41) is 1.06. The largest absolute Gasteiger partial charge is 0.380 e. The Bertz CT molecular complexity index is 314. The summed E-state index contributed by atoms with van der Waals surface area (Å²) in [6.07, 6.45) is 0. The van der Waals surface area contributed by atoms with Crippen LogP contribution in [0.15, 0.2) is 0 Å². The van der Waals surface area contributed by atoms with E-state index in [-0.39, 0.29) is 0 Å². The minimum Gasteiger partial charge on any atom is -0.380 e. The van der Waals surface area contributed by atoms with Gasteiger partial charge >= 0.3 is 0 Å². The van der Waals surface area contributed by atoms with Crippen molar-refractivity contribution in [1.29, 1.82) is 0 Å². The minimum absolute atomic E-state index is 0.576. The zero-order chi connectivity index (χ0) is 12.0. The normalized spacial score (nSPS) is 10.8. The van der Waals surface area contributed by atoms with Crippen LogP contribution < -0.4 is 10.6 Å². The maximum Gasteiger partial charge on any atom is 0.185 e. The van der Waals surface area contributed by atoms with Crippen LogP contribution >= 0.6 is 11.3 Å². The molecule has 5 heteroatoms. The Balaban J connectivity index is 2.63. The van der Waals surface area contributed by atoms with Crippen LogP contribution in [0.1, 0.15) is 24.4 Å². The molecule has 16 heavy (non-hydrogen) atoms. The van der Waals surface area contributed by atoms with Crippen molar-refractivity contribution in [3.05, 3.63) is 10.6 Å². The third-order valence-electron chi connectivity index (χ3n) is 2.43. The molecule has 4 nitrogen and oxygen atoms in total. The number of thiazole rings is 1. The lowest BCUT2D eigenvalue weighted by molar-refractivity contribution is 0.154. The molecule has 0 fully saturated rings. The van der Waals surface area contributed by atoms with Crippen molar-refractivity contribution in [2.75, 3.05) is 31.2 Å². The fraction of sp³-hybridized carbons (Fsp3) is 0.727. The van der Waals surface area contributed by atoms with Gasteiger partial charge in [-0.05, 0) is 20.8 Å². The van der Waals surface area contributed by atoms with E-state index in [2.05, 4.69) is 16.8 Å². The van der Waals surface area contributed by atoms with Crippen molar-refractivity contribution >= 4 is 16.5 Å². The lowest BCUT2D eigenvalue weighted by Gasteiger charge is -2.19. The third kappa shape index (κ3) is 3.43. The number of anilines is 1. The molecule has 2 N–H and O–H groups in total. The number of nitrogens with zero attached hydrogens (tertiary/aromatic N) is 2. The van der Waals surface area contributed by atoms with E-state index in [0.717, 1.165) is 37.1 Å². The van der Waals surface area contributed by atoms with E-state index in [4.69, 9.17) is 10.5 Å². The highest BCUT2D eigenvalue weighted by atomic mass is 32.1. The Morgan fingerprint density at radius 3 is 2.69 bits per heavy atom. The first-order valence-corrected chi connectivity index (χ1v) is 6.53. The molecule has 1 rings (SSSR count). The van der Waals surface area contributed by atoms with Gasteiger partial charge in [0.1, 0.15) is 0 Å². The van der Waals surface area contributed by atoms with Crippen LogP contribution in [-0.4, -0.2) is 31.3 Å². The summed E-state index contributed by atoms with van der Waals surface area (Å²) in [6.45, 7) is 10.1. The number of rotatable bonds is 7. The Kier molecular flexibility index (Phi) is 5.73. The van der Waals surface area contributed by atoms with E-state index in [1.54, 1.807) is 11.3 Å². The predicted molar refractivity (Wildman–Crippen MR) is 69.1 cm³/mol. The van der Waals surface area contributed by atoms with E-state index in [0.29, 0.717) is 6.54 Å². The number of nitrogens with two attached hydrogens (primary N) is 1. The number of aryl methyl sites for hydroxylation is 1. The molecule has 1 aromatic heterocycles. The summed E-state index contributed by atoms with van der Waals surface area (Å²) in [5.41, 5.74) is 6.71. The van der Waals surface area contributed by atoms with E-state index in [1.807, 2.05) is 13.8 Å². The molecule has 0 spiro atoms. The number of aromatic nitrogens is 1. The van der Waals surface area contributed by atoms with Crippen molar-refractivity contribution in [3.8, 4) is 0 Å². The molecular weight excluding hydrogens is 222 g/mol.